The van der Waals surface area contributed by atoms with E-state index in [0.29, 0.717) is 32.2 Å². The van der Waals surface area contributed by atoms with Crippen LogP contribution in [0.15, 0.2) is 18.2 Å². The maximum Gasteiger partial charge on any atom is 0.341 e. The van der Waals surface area contributed by atoms with Crippen LogP contribution in [0.25, 0.3) is 0 Å². The minimum atomic E-state index is -0.459. The number of urea groups is 1. The molecule has 156 valence electrons. The number of carbonyl (C=O) groups is 2. The summed E-state index contributed by atoms with van der Waals surface area (Å²) in [5, 5.41) is 6.79. The first kappa shape index (κ1) is 21.9. The molecule has 2 amide bonds. The molecule has 0 saturated heterocycles. The van der Waals surface area contributed by atoms with Crippen LogP contribution in [0.2, 0.25) is 10.0 Å². The molecule has 0 aliphatic heterocycles. The predicted molar refractivity (Wildman–Crippen MR) is 120 cm³/mol. The van der Waals surface area contributed by atoms with Crippen LogP contribution < -0.4 is 10.6 Å². The molecular formula is C21H24Cl2N2O3S. The van der Waals surface area contributed by atoms with Gasteiger partial charge >= 0.3 is 12.0 Å². The van der Waals surface area contributed by atoms with Crippen molar-refractivity contribution in [2.45, 2.75) is 40.0 Å². The molecule has 5 nitrogen and oxygen atoms in total. The smallest absolute Gasteiger partial charge is 0.341 e. The van der Waals surface area contributed by atoms with Gasteiger partial charge < -0.3 is 10.1 Å². The molecule has 0 fully saturated rings. The van der Waals surface area contributed by atoms with Crippen LogP contribution in [0.5, 0.6) is 0 Å². The Morgan fingerprint density at radius 2 is 1.90 bits per heavy atom. The molecule has 1 heterocycles. The number of thiophene rings is 1. The molecule has 1 aliphatic rings. The number of rotatable bonds is 3. The first-order valence-corrected chi connectivity index (χ1v) is 10.9. The van der Waals surface area contributed by atoms with Gasteiger partial charge in [0.1, 0.15) is 5.00 Å². The van der Waals surface area contributed by atoms with Crippen LogP contribution in [0.1, 0.15) is 48.0 Å². The maximum absolute atomic E-state index is 12.5. The Balaban J connectivity index is 1.84. The standard InChI is InChI=1S/C21H24Cl2N2O3S/c1-21(2,3)11-5-7-13-16(9-11)29-18(17(13)19(26)28-4)25-20(27)24-12-6-8-14(22)15(23)10-12/h6,8,10-11H,5,7,9H2,1-4H3,(H2,24,25,27). The van der Waals surface area contributed by atoms with E-state index in [2.05, 4.69) is 31.4 Å². The van der Waals surface area contributed by atoms with Gasteiger partial charge in [0, 0.05) is 10.6 Å². The van der Waals surface area contributed by atoms with E-state index in [1.165, 1.54) is 18.4 Å². The normalized spacial score (nSPS) is 16.1. The molecule has 8 heteroatoms. The van der Waals surface area contributed by atoms with Gasteiger partial charge in [0.25, 0.3) is 0 Å². The number of halogens is 2. The number of hydrogen-bond acceptors (Lipinski definition) is 4. The van der Waals surface area contributed by atoms with Crippen LogP contribution in [-0.4, -0.2) is 19.1 Å². The lowest BCUT2D eigenvalue weighted by molar-refractivity contribution is 0.0600. The number of benzene rings is 1. The summed E-state index contributed by atoms with van der Waals surface area (Å²) in [6, 6.07) is 4.37. The number of nitrogens with one attached hydrogen (secondary N) is 2. The number of carbonyl (C=O) groups excluding carboxylic acids is 2. The average molecular weight is 455 g/mol. The van der Waals surface area contributed by atoms with Gasteiger partial charge in [-0.25, -0.2) is 9.59 Å². The third-order valence-corrected chi connectivity index (χ3v) is 7.19. The van der Waals surface area contributed by atoms with Crippen LogP contribution in [-0.2, 0) is 17.6 Å². The highest BCUT2D eigenvalue weighted by atomic mass is 35.5. The van der Waals surface area contributed by atoms with Crippen molar-refractivity contribution in [3.05, 3.63) is 44.2 Å². The minimum absolute atomic E-state index is 0.186. The van der Waals surface area contributed by atoms with E-state index in [9.17, 15) is 9.59 Å². The summed E-state index contributed by atoms with van der Waals surface area (Å²) in [4.78, 5) is 26.1. The lowest BCUT2D eigenvalue weighted by Gasteiger charge is -2.33. The first-order valence-electron chi connectivity index (χ1n) is 9.36. The van der Waals surface area contributed by atoms with Crippen molar-refractivity contribution in [2.75, 3.05) is 17.7 Å². The number of methoxy groups -OCH3 is 1. The molecule has 0 radical (unpaired) electrons. The Bertz CT molecular complexity index is 950. The number of ether oxygens (including phenoxy) is 1. The molecule has 1 aromatic carbocycles. The zero-order valence-electron chi connectivity index (χ0n) is 16.8. The van der Waals surface area contributed by atoms with Crippen LogP contribution >= 0.6 is 34.5 Å². The van der Waals surface area contributed by atoms with E-state index in [4.69, 9.17) is 27.9 Å². The van der Waals surface area contributed by atoms with Crippen LogP contribution in [0.4, 0.5) is 15.5 Å². The fourth-order valence-electron chi connectivity index (χ4n) is 3.57. The number of fused-ring (bicyclic) bond motifs is 1. The highest BCUT2D eigenvalue weighted by molar-refractivity contribution is 7.17. The highest BCUT2D eigenvalue weighted by Crippen LogP contribution is 2.44. The number of hydrogen-bond donors (Lipinski definition) is 2. The quantitative estimate of drug-likeness (QED) is 0.510. The fraction of sp³-hybridized carbons (Fsp3) is 0.429. The molecule has 1 aromatic heterocycles. The van der Waals surface area contributed by atoms with Crippen molar-refractivity contribution in [2.24, 2.45) is 11.3 Å². The summed E-state index contributed by atoms with van der Waals surface area (Å²) in [5.74, 6) is 0.0959. The summed E-state index contributed by atoms with van der Waals surface area (Å²) in [5.41, 5.74) is 2.15. The lowest BCUT2D eigenvalue weighted by Crippen LogP contribution is -2.26. The van der Waals surface area contributed by atoms with Gasteiger partial charge in [-0.1, -0.05) is 44.0 Å². The van der Waals surface area contributed by atoms with Crippen LogP contribution in [0, 0.1) is 11.3 Å². The third kappa shape index (κ3) is 4.87. The summed E-state index contributed by atoms with van der Waals surface area (Å²) in [7, 11) is 1.35. The Hall–Kier alpha value is -1.76. The largest absolute Gasteiger partial charge is 0.465 e. The SMILES string of the molecule is COC(=O)c1c(NC(=O)Nc2ccc(Cl)c(Cl)c2)sc2c1CCC(C(C)(C)C)C2. The maximum atomic E-state index is 12.5. The monoisotopic (exact) mass is 454 g/mol. The second-order valence-corrected chi connectivity index (χ2v) is 10.1. The molecule has 0 spiro atoms. The topological polar surface area (TPSA) is 67.4 Å². The zero-order chi connectivity index (χ0) is 21.3. The van der Waals surface area contributed by atoms with E-state index >= 15 is 0 Å². The van der Waals surface area contributed by atoms with Crippen molar-refractivity contribution >= 4 is 57.2 Å². The van der Waals surface area contributed by atoms with Crippen LogP contribution in [0.3, 0.4) is 0 Å². The molecule has 1 unspecified atom stereocenters. The molecular weight excluding hydrogens is 431 g/mol. The molecule has 2 N–H and O–H groups in total. The van der Waals surface area contributed by atoms with E-state index in [0.717, 1.165) is 29.7 Å². The van der Waals surface area contributed by atoms with E-state index < -0.39 is 12.0 Å². The molecule has 2 aromatic rings. The van der Waals surface area contributed by atoms with Gasteiger partial charge in [-0.05, 0) is 54.4 Å². The lowest BCUT2D eigenvalue weighted by atomic mass is 9.72. The van der Waals surface area contributed by atoms with Crippen molar-refractivity contribution in [3.8, 4) is 0 Å². The van der Waals surface area contributed by atoms with Crippen molar-refractivity contribution < 1.29 is 14.3 Å². The van der Waals surface area contributed by atoms with E-state index in [1.807, 2.05) is 0 Å². The molecule has 0 saturated carbocycles. The van der Waals surface area contributed by atoms with Gasteiger partial charge in [-0.3, -0.25) is 5.32 Å². The number of esters is 1. The summed E-state index contributed by atoms with van der Waals surface area (Å²) in [6.07, 6.45) is 2.70. The first-order chi connectivity index (χ1) is 13.6. The molecule has 29 heavy (non-hydrogen) atoms. The Morgan fingerprint density at radius 3 is 2.52 bits per heavy atom. The molecule has 1 aliphatic carbocycles. The molecule has 0 bridgehead atoms. The summed E-state index contributed by atoms with van der Waals surface area (Å²) >= 11 is 13.4. The average Bonchev–Trinajstić information content (AvgIpc) is 3.00. The second kappa shape index (κ2) is 8.54. The number of anilines is 2. The van der Waals surface area contributed by atoms with E-state index in [1.54, 1.807) is 18.2 Å². The van der Waals surface area contributed by atoms with Gasteiger partial charge in [0.15, 0.2) is 0 Å². The Morgan fingerprint density at radius 1 is 1.17 bits per heavy atom. The third-order valence-electron chi connectivity index (χ3n) is 5.28. The van der Waals surface area contributed by atoms with Crippen molar-refractivity contribution in [1.29, 1.82) is 0 Å². The zero-order valence-corrected chi connectivity index (χ0v) is 19.1. The van der Waals surface area contributed by atoms with E-state index in [-0.39, 0.29) is 5.41 Å². The number of amides is 2. The van der Waals surface area contributed by atoms with Crippen molar-refractivity contribution in [1.82, 2.24) is 0 Å². The Kier molecular flexibility index (Phi) is 6.46. The second-order valence-electron chi connectivity index (χ2n) is 8.21. The summed E-state index contributed by atoms with van der Waals surface area (Å²) < 4.78 is 4.99. The molecule has 3 rings (SSSR count). The highest BCUT2D eigenvalue weighted by Gasteiger charge is 2.34. The summed E-state index contributed by atoms with van der Waals surface area (Å²) in [6.45, 7) is 6.71. The predicted octanol–water partition coefficient (Wildman–Crippen LogP) is 6.64. The van der Waals surface area contributed by atoms with Gasteiger partial charge in [0.05, 0.1) is 22.7 Å². The van der Waals surface area contributed by atoms with Crippen molar-refractivity contribution in [3.63, 3.8) is 0 Å². The molecule has 1 atom stereocenters. The Labute approximate surface area is 184 Å². The minimum Gasteiger partial charge on any atom is -0.465 e. The van der Waals surface area contributed by atoms with Gasteiger partial charge in [-0.15, -0.1) is 11.3 Å². The van der Waals surface area contributed by atoms with Gasteiger partial charge in [-0.2, -0.15) is 0 Å². The van der Waals surface area contributed by atoms with Gasteiger partial charge in [0.2, 0.25) is 0 Å². The fourth-order valence-corrected chi connectivity index (χ4v) is 5.18.